The van der Waals surface area contributed by atoms with E-state index in [4.69, 9.17) is 19.7 Å². The second-order valence-corrected chi connectivity index (χ2v) is 12.7. The van der Waals surface area contributed by atoms with E-state index in [1.807, 2.05) is 54.6 Å². The zero-order chi connectivity index (χ0) is 29.2. The van der Waals surface area contributed by atoms with Crippen LogP contribution in [0.3, 0.4) is 0 Å². The van der Waals surface area contributed by atoms with Gasteiger partial charge in [-0.1, -0.05) is 68.4 Å². The summed E-state index contributed by atoms with van der Waals surface area (Å²) in [5, 5.41) is 2.67. The molecule has 3 N–H and O–H groups in total. The topological polar surface area (TPSA) is 134 Å². The van der Waals surface area contributed by atoms with Crippen molar-refractivity contribution < 1.29 is 32.9 Å². The zero-order valence-electron chi connectivity index (χ0n) is 23.6. The third-order valence-electron chi connectivity index (χ3n) is 6.09. The van der Waals surface area contributed by atoms with Crippen molar-refractivity contribution in [2.24, 2.45) is 17.6 Å². The van der Waals surface area contributed by atoms with E-state index >= 15 is 0 Å². The Morgan fingerprint density at radius 3 is 2.03 bits per heavy atom. The lowest BCUT2D eigenvalue weighted by molar-refractivity contribution is -0.165. The summed E-state index contributed by atoms with van der Waals surface area (Å²) in [7, 11) is -3.69. The van der Waals surface area contributed by atoms with Crippen molar-refractivity contribution in [1.29, 1.82) is 0 Å². The predicted octanol–water partition coefficient (Wildman–Crippen LogP) is 4.72. The molecule has 0 radical (unpaired) electrons. The van der Waals surface area contributed by atoms with Crippen LogP contribution in [0.2, 0.25) is 0 Å². The third-order valence-corrected chi connectivity index (χ3v) is 8.93. The fraction of sp³-hybridized carbons (Fsp3) is 0.483. The Morgan fingerprint density at radius 2 is 1.49 bits per heavy atom. The molecule has 2 rings (SSSR count). The maximum absolute atomic E-state index is 13.9. The highest BCUT2D eigenvalue weighted by Crippen LogP contribution is 2.53. The average Bonchev–Trinajstić information content (AvgIpc) is 2.89. The first kappa shape index (κ1) is 32.2. The minimum Gasteiger partial charge on any atom is -0.464 e. The van der Waals surface area contributed by atoms with Gasteiger partial charge >= 0.3 is 11.9 Å². The maximum Gasteiger partial charge on any atom is 0.328 e. The molecule has 214 valence electrons. The standard InChI is InChI=1S/C29H41N2O7P/c1-7-36-29(34)20(4)31-27(32)26(17-23-13-15-25(16-14-23)24-11-9-8-10-12-24)18-39(35,21(5)30)38-22(6)37-28(33)19(2)3/h8-16,19-22,26H,7,17-18,30H2,1-6H3,(H,31,32)/t20?,21?,22?,26-,39?/m1/s1. The summed E-state index contributed by atoms with van der Waals surface area (Å²) in [6.07, 6.45) is -1.11. The summed E-state index contributed by atoms with van der Waals surface area (Å²) in [6.45, 7) is 9.73. The molecule has 0 aromatic heterocycles. The fourth-order valence-electron chi connectivity index (χ4n) is 3.83. The van der Waals surface area contributed by atoms with Gasteiger partial charge < -0.3 is 20.5 Å². The molecule has 9 nitrogen and oxygen atoms in total. The number of benzene rings is 2. The highest BCUT2D eigenvalue weighted by atomic mass is 31.2. The van der Waals surface area contributed by atoms with Crippen molar-refractivity contribution in [2.45, 2.75) is 66.1 Å². The SMILES string of the molecule is CCOC(=O)C(C)NC(=O)[C@H](Cc1ccc(-c2ccccc2)cc1)CP(=O)(OC(C)OC(=O)C(C)C)C(C)N. The van der Waals surface area contributed by atoms with Gasteiger partial charge in [0.05, 0.1) is 24.2 Å². The number of ether oxygens (including phenoxy) is 2. The Morgan fingerprint density at radius 1 is 0.897 bits per heavy atom. The monoisotopic (exact) mass is 560 g/mol. The first-order chi connectivity index (χ1) is 18.4. The van der Waals surface area contributed by atoms with Crippen molar-refractivity contribution in [3.8, 4) is 11.1 Å². The summed E-state index contributed by atoms with van der Waals surface area (Å²) in [4.78, 5) is 37.5. The van der Waals surface area contributed by atoms with Crippen LogP contribution in [0.4, 0.5) is 0 Å². The molecule has 0 saturated heterocycles. The van der Waals surface area contributed by atoms with Gasteiger partial charge in [-0.3, -0.25) is 18.7 Å². The van der Waals surface area contributed by atoms with Crippen LogP contribution in [0.25, 0.3) is 11.1 Å². The van der Waals surface area contributed by atoms with E-state index in [2.05, 4.69) is 5.32 Å². The molecule has 0 aliphatic heterocycles. The number of hydrogen-bond acceptors (Lipinski definition) is 8. The summed E-state index contributed by atoms with van der Waals surface area (Å²) < 4.78 is 29.9. The third kappa shape index (κ3) is 9.92. The van der Waals surface area contributed by atoms with Crippen molar-refractivity contribution in [3.05, 3.63) is 60.2 Å². The number of carbonyl (C=O) groups excluding carboxylic acids is 3. The molecule has 0 spiro atoms. The Labute approximate surface area is 231 Å². The molecule has 10 heteroatoms. The summed E-state index contributed by atoms with van der Waals surface area (Å²) in [5.74, 6) is -3.75. The first-order valence-electron chi connectivity index (χ1n) is 13.2. The van der Waals surface area contributed by atoms with Gasteiger partial charge in [-0.2, -0.15) is 0 Å². The van der Waals surface area contributed by atoms with Crippen LogP contribution in [0, 0.1) is 11.8 Å². The van der Waals surface area contributed by atoms with Gasteiger partial charge in [-0.05, 0) is 50.8 Å². The van der Waals surface area contributed by atoms with E-state index in [1.54, 1.807) is 20.8 Å². The molecule has 5 atom stereocenters. The van der Waals surface area contributed by atoms with Crippen molar-refractivity contribution >= 4 is 25.2 Å². The van der Waals surface area contributed by atoms with Crippen LogP contribution in [0.5, 0.6) is 0 Å². The van der Waals surface area contributed by atoms with Crippen molar-refractivity contribution in [3.63, 3.8) is 0 Å². The van der Waals surface area contributed by atoms with Gasteiger partial charge in [0.25, 0.3) is 0 Å². The van der Waals surface area contributed by atoms with Crippen molar-refractivity contribution in [2.75, 3.05) is 12.8 Å². The number of esters is 2. The summed E-state index contributed by atoms with van der Waals surface area (Å²) in [6, 6.07) is 16.7. The highest BCUT2D eigenvalue weighted by Gasteiger charge is 2.38. The molecule has 0 aliphatic carbocycles. The number of hydrogen-bond donors (Lipinski definition) is 2. The van der Waals surface area contributed by atoms with Crippen LogP contribution in [0.15, 0.2) is 54.6 Å². The molecule has 0 fully saturated rings. The molecule has 2 aromatic rings. The molecule has 0 saturated carbocycles. The largest absolute Gasteiger partial charge is 0.464 e. The number of rotatable bonds is 14. The van der Waals surface area contributed by atoms with E-state index in [0.717, 1.165) is 16.7 Å². The fourth-order valence-corrected chi connectivity index (χ4v) is 5.90. The van der Waals surface area contributed by atoms with Crippen molar-refractivity contribution in [1.82, 2.24) is 5.32 Å². The first-order valence-corrected chi connectivity index (χ1v) is 15.1. The van der Waals surface area contributed by atoms with Crippen LogP contribution in [-0.4, -0.2) is 48.7 Å². The second-order valence-electron chi connectivity index (χ2n) is 9.86. The molecule has 1 amide bonds. The Hall–Kier alpha value is -3.00. The van der Waals surface area contributed by atoms with Gasteiger partial charge in [0.15, 0.2) is 0 Å². The number of amides is 1. The van der Waals surface area contributed by atoms with E-state index in [-0.39, 0.29) is 19.2 Å². The van der Waals surface area contributed by atoms with E-state index in [1.165, 1.54) is 20.8 Å². The van der Waals surface area contributed by atoms with Gasteiger partial charge in [0.2, 0.25) is 19.6 Å². The number of nitrogens with two attached hydrogens (primary N) is 1. The minimum absolute atomic E-state index is 0.178. The van der Waals surface area contributed by atoms with Gasteiger partial charge in [0, 0.05) is 6.16 Å². The number of carbonyl (C=O) groups is 3. The smallest absolute Gasteiger partial charge is 0.328 e. The Bertz CT molecular complexity index is 1140. The van der Waals surface area contributed by atoms with Gasteiger partial charge in [0.1, 0.15) is 6.04 Å². The molecular formula is C29H41N2O7P. The average molecular weight is 561 g/mol. The summed E-state index contributed by atoms with van der Waals surface area (Å²) >= 11 is 0. The van der Waals surface area contributed by atoms with E-state index in [9.17, 15) is 18.9 Å². The molecule has 2 aromatic carbocycles. The Balaban J connectivity index is 2.30. The zero-order valence-corrected chi connectivity index (χ0v) is 24.5. The normalized spacial score (nSPS) is 15.9. The lowest BCUT2D eigenvalue weighted by atomic mass is 9.97. The van der Waals surface area contributed by atoms with Crippen LogP contribution < -0.4 is 11.1 Å². The molecule has 39 heavy (non-hydrogen) atoms. The lowest BCUT2D eigenvalue weighted by Gasteiger charge is -2.29. The van der Waals surface area contributed by atoms with E-state index in [0.29, 0.717) is 0 Å². The molecule has 0 heterocycles. The maximum atomic E-state index is 13.9. The van der Waals surface area contributed by atoms with Gasteiger partial charge in [-0.25, -0.2) is 4.79 Å². The molecule has 4 unspecified atom stereocenters. The molecule has 0 bridgehead atoms. The lowest BCUT2D eigenvalue weighted by Crippen LogP contribution is -2.44. The molecular weight excluding hydrogens is 519 g/mol. The van der Waals surface area contributed by atoms with Gasteiger partial charge in [-0.15, -0.1) is 0 Å². The highest BCUT2D eigenvalue weighted by molar-refractivity contribution is 7.59. The second kappa shape index (κ2) is 15.0. The summed E-state index contributed by atoms with van der Waals surface area (Å²) in [5.41, 5.74) is 8.99. The van der Waals surface area contributed by atoms with Crippen LogP contribution >= 0.6 is 7.37 Å². The van der Waals surface area contributed by atoms with Crippen LogP contribution in [0.1, 0.15) is 47.1 Å². The molecule has 0 aliphatic rings. The Kier molecular flexibility index (Phi) is 12.4. The van der Waals surface area contributed by atoms with E-state index < -0.39 is 55.2 Å². The quantitative estimate of drug-likeness (QED) is 0.193. The number of nitrogens with one attached hydrogen (secondary N) is 1. The predicted molar refractivity (Wildman–Crippen MR) is 151 cm³/mol. The minimum atomic E-state index is -3.69. The van der Waals surface area contributed by atoms with Crippen LogP contribution in [-0.2, 0) is 39.4 Å².